The number of hydrogen-bond acceptors (Lipinski definition) is 6. The Morgan fingerprint density at radius 1 is 0.925 bits per heavy atom. The monoisotopic (exact) mass is 560 g/mol. The van der Waals surface area contributed by atoms with Gasteiger partial charge in [0.2, 0.25) is 0 Å². The van der Waals surface area contributed by atoms with Gasteiger partial charge < -0.3 is 30.3 Å². The van der Waals surface area contributed by atoms with Crippen LogP contribution in [0.1, 0.15) is 98.8 Å². The van der Waals surface area contributed by atoms with Crippen LogP contribution in [0.2, 0.25) is 0 Å². The lowest BCUT2D eigenvalue weighted by atomic mass is 9.38. The Balaban J connectivity index is 1.34. The van der Waals surface area contributed by atoms with Crippen molar-refractivity contribution in [1.29, 1.82) is 0 Å². The summed E-state index contributed by atoms with van der Waals surface area (Å²) in [4.78, 5) is 0. The number of aliphatic hydroxyl groups is 5. The largest absolute Gasteiger partial charge is 0.396 e. The maximum Gasteiger partial charge on any atom is 0.113 e. The lowest BCUT2D eigenvalue weighted by Crippen LogP contribution is -2.61. The predicted octanol–water partition coefficient (Wildman–Crippen LogP) is 4.46. The molecule has 14 atom stereocenters. The first-order chi connectivity index (χ1) is 18.8. The second-order valence-corrected chi connectivity index (χ2v) is 16.5. The van der Waals surface area contributed by atoms with E-state index in [0.717, 1.165) is 51.4 Å². The lowest BCUT2D eigenvalue weighted by molar-refractivity contribution is -0.173. The second-order valence-electron chi connectivity index (χ2n) is 16.5. The summed E-state index contributed by atoms with van der Waals surface area (Å²) in [6.45, 7) is 11.7. The molecule has 0 aromatic heterocycles. The van der Waals surface area contributed by atoms with Gasteiger partial charge in [0.25, 0.3) is 0 Å². The molecular formula is C34H56O6. The van der Waals surface area contributed by atoms with E-state index in [1.807, 2.05) is 0 Å². The number of allylic oxidation sites excluding steroid dienone is 2. The third-order valence-electron chi connectivity index (χ3n) is 14.2. The van der Waals surface area contributed by atoms with E-state index in [2.05, 4.69) is 40.7 Å². The topological polar surface area (TPSA) is 114 Å². The zero-order valence-corrected chi connectivity index (χ0v) is 25.6. The average molecular weight is 561 g/mol. The summed E-state index contributed by atoms with van der Waals surface area (Å²) in [7, 11) is 0. The van der Waals surface area contributed by atoms with Gasteiger partial charge in [0, 0.05) is 11.3 Å². The highest BCUT2D eigenvalue weighted by Crippen LogP contribution is 2.71. The van der Waals surface area contributed by atoms with Crippen molar-refractivity contribution in [3.8, 4) is 0 Å². The number of epoxide rings is 1. The average Bonchev–Trinajstić information content (AvgIpc) is 3.71. The molecule has 4 saturated carbocycles. The minimum atomic E-state index is -0.985. The quantitative estimate of drug-likeness (QED) is 0.242. The van der Waals surface area contributed by atoms with Crippen molar-refractivity contribution in [2.45, 2.75) is 129 Å². The fraction of sp³-hybridized carbons (Fsp3) is 0.941. The van der Waals surface area contributed by atoms with Crippen molar-refractivity contribution in [2.24, 2.45) is 57.2 Å². The summed E-state index contributed by atoms with van der Waals surface area (Å²) in [6.07, 6.45) is 10.2. The Morgan fingerprint density at radius 3 is 2.33 bits per heavy atom. The first-order valence-corrected chi connectivity index (χ1v) is 16.4. The predicted molar refractivity (Wildman–Crippen MR) is 154 cm³/mol. The van der Waals surface area contributed by atoms with E-state index in [4.69, 9.17) is 4.74 Å². The number of aliphatic hydroxyl groups excluding tert-OH is 5. The zero-order valence-electron chi connectivity index (χ0n) is 25.6. The van der Waals surface area contributed by atoms with Crippen LogP contribution >= 0.6 is 0 Å². The molecule has 5 fully saturated rings. The number of ether oxygens (including phenoxy) is 1. The van der Waals surface area contributed by atoms with Gasteiger partial charge >= 0.3 is 0 Å². The van der Waals surface area contributed by atoms with E-state index in [0.29, 0.717) is 23.7 Å². The molecule has 0 amide bonds. The first kappa shape index (κ1) is 29.6. The van der Waals surface area contributed by atoms with Gasteiger partial charge in [-0.2, -0.15) is 0 Å². The van der Waals surface area contributed by atoms with Crippen LogP contribution in [-0.2, 0) is 4.74 Å². The van der Waals surface area contributed by atoms with Crippen LogP contribution in [0, 0.1) is 57.2 Å². The summed E-state index contributed by atoms with van der Waals surface area (Å²) >= 11 is 0. The van der Waals surface area contributed by atoms with E-state index in [1.165, 1.54) is 12.8 Å². The molecule has 1 aliphatic heterocycles. The molecule has 6 aliphatic rings. The lowest BCUT2D eigenvalue weighted by Gasteiger charge is -2.67. The molecule has 1 saturated heterocycles. The normalized spacial score (nSPS) is 51.7. The van der Waals surface area contributed by atoms with Gasteiger partial charge in [-0.05, 0) is 110 Å². The summed E-state index contributed by atoms with van der Waals surface area (Å²) in [5.74, 6) is 1.64. The van der Waals surface area contributed by atoms with Crippen molar-refractivity contribution in [3.05, 3.63) is 11.6 Å². The highest BCUT2D eigenvalue weighted by molar-refractivity contribution is 5.30. The zero-order chi connectivity index (χ0) is 28.8. The van der Waals surface area contributed by atoms with Gasteiger partial charge in [-0.3, -0.25) is 0 Å². The maximum atomic E-state index is 12.1. The second kappa shape index (κ2) is 10.0. The van der Waals surface area contributed by atoms with Crippen molar-refractivity contribution >= 4 is 0 Å². The number of rotatable bonds is 6. The van der Waals surface area contributed by atoms with E-state index >= 15 is 0 Å². The van der Waals surface area contributed by atoms with Crippen molar-refractivity contribution < 1.29 is 30.3 Å². The van der Waals surface area contributed by atoms with Gasteiger partial charge in [-0.1, -0.05) is 46.3 Å². The Bertz CT molecular complexity index is 995. The molecule has 14 unspecified atom stereocenters. The van der Waals surface area contributed by atoms with Crippen LogP contribution in [-0.4, -0.2) is 69.3 Å². The highest BCUT2D eigenvalue weighted by Gasteiger charge is 2.65. The van der Waals surface area contributed by atoms with E-state index < -0.39 is 30.3 Å². The molecule has 0 radical (unpaired) electrons. The van der Waals surface area contributed by atoms with Gasteiger partial charge in [0.05, 0.1) is 31.5 Å². The van der Waals surface area contributed by atoms with Gasteiger partial charge in [0.15, 0.2) is 0 Å². The van der Waals surface area contributed by atoms with Gasteiger partial charge in [-0.15, -0.1) is 0 Å². The molecule has 6 nitrogen and oxygen atoms in total. The smallest absolute Gasteiger partial charge is 0.113 e. The highest BCUT2D eigenvalue weighted by atomic mass is 16.6. The molecule has 0 bridgehead atoms. The van der Waals surface area contributed by atoms with Crippen LogP contribution in [0.25, 0.3) is 0 Å². The summed E-state index contributed by atoms with van der Waals surface area (Å²) in [6, 6.07) is 0. The van der Waals surface area contributed by atoms with Crippen LogP contribution in [0.15, 0.2) is 11.6 Å². The number of fused-ring (bicyclic) bond motifs is 7. The molecule has 1 heterocycles. The maximum absolute atomic E-state index is 12.1. The third kappa shape index (κ3) is 4.24. The van der Waals surface area contributed by atoms with Crippen LogP contribution in [0.3, 0.4) is 0 Å². The summed E-state index contributed by atoms with van der Waals surface area (Å²) in [5, 5.41) is 54.0. The van der Waals surface area contributed by atoms with Crippen LogP contribution in [0.4, 0.5) is 0 Å². The molecule has 6 heteroatoms. The fourth-order valence-electron chi connectivity index (χ4n) is 11.7. The van der Waals surface area contributed by atoms with Gasteiger partial charge in [-0.25, -0.2) is 0 Å². The molecule has 228 valence electrons. The van der Waals surface area contributed by atoms with Crippen molar-refractivity contribution in [1.82, 2.24) is 0 Å². The molecular weight excluding hydrogens is 504 g/mol. The van der Waals surface area contributed by atoms with Crippen molar-refractivity contribution in [3.63, 3.8) is 0 Å². The molecule has 5 aliphatic carbocycles. The Morgan fingerprint density at radius 2 is 1.65 bits per heavy atom. The Hall–Kier alpha value is -0.500. The standard InChI is InChI=1S/C34H56O6/c1-19-22-8-11-33(5)23-9-13-34(30(39)21(17-35)28(38)29-26(18-36)40-29)15-14-31(2,3)16-24(34)20(23)6-7-27(33)32(22,4)12-10-25(19)37/h6,19,21-30,35-39H,7-18H2,1-5H3. The molecule has 0 spiro atoms. The Labute approximate surface area is 241 Å². The summed E-state index contributed by atoms with van der Waals surface area (Å²) in [5.41, 5.74) is 1.87. The van der Waals surface area contributed by atoms with Crippen LogP contribution < -0.4 is 0 Å². The van der Waals surface area contributed by atoms with Gasteiger partial charge in [0.1, 0.15) is 12.2 Å². The molecule has 6 rings (SSSR count). The SMILES string of the molecule is CC1C(O)CCC2(C)C1CCC1(C)C3CCC4(C(O)C(CO)C(O)C5OC5CO)CCC(C)(C)CC4C3=CCC12. The Kier molecular flexibility index (Phi) is 7.41. The summed E-state index contributed by atoms with van der Waals surface area (Å²) < 4.78 is 5.49. The van der Waals surface area contributed by atoms with E-state index in [1.54, 1.807) is 5.57 Å². The molecule has 0 aromatic rings. The van der Waals surface area contributed by atoms with Crippen LogP contribution in [0.5, 0.6) is 0 Å². The minimum Gasteiger partial charge on any atom is -0.396 e. The van der Waals surface area contributed by atoms with E-state index in [-0.39, 0.29) is 46.9 Å². The molecule has 40 heavy (non-hydrogen) atoms. The fourth-order valence-corrected chi connectivity index (χ4v) is 11.7. The first-order valence-electron chi connectivity index (χ1n) is 16.4. The third-order valence-corrected chi connectivity index (χ3v) is 14.2. The van der Waals surface area contributed by atoms with E-state index in [9.17, 15) is 25.5 Å². The number of hydrogen-bond donors (Lipinski definition) is 5. The minimum absolute atomic E-state index is 0.149. The molecule has 0 aromatic carbocycles. The van der Waals surface area contributed by atoms with Crippen molar-refractivity contribution in [2.75, 3.05) is 13.2 Å². The molecule has 5 N–H and O–H groups in total.